The summed E-state index contributed by atoms with van der Waals surface area (Å²) in [4.78, 5) is 25.6. The number of ether oxygens (including phenoxy) is 1. The molecule has 0 atom stereocenters. The van der Waals surface area contributed by atoms with Gasteiger partial charge < -0.3 is 15.0 Å². The second kappa shape index (κ2) is 10.4. The molecule has 0 aliphatic carbocycles. The Morgan fingerprint density at radius 3 is 2.52 bits per heavy atom. The summed E-state index contributed by atoms with van der Waals surface area (Å²) in [5.41, 5.74) is 0.992. The Morgan fingerprint density at radius 1 is 1.21 bits per heavy atom. The van der Waals surface area contributed by atoms with Gasteiger partial charge in [-0.1, -0.05) is 19.4 Å². The Bertz CT molecular complexity index is 859. The van der Waals surface area contributed by atoms with Gasteiger partial charge in [0.2, 0.25) is 10.0 Å². The topological polar surface area (TPSA) is 96.0 Å². The molecule has 29 heavy (non-hydrogen) atoms. The van der Waals surface area contributed by atoms with E-state index in [0.717, 1.165) is 19.3 Å². The lowest BCUT2D eigenvalue weighted by molar-refractivity contribution is -0.142. The van der Waals surface area contributed by atoms with Gasteiger partial charge in [0, 0.05) is 33.3 Å². The Labute approximate surface area is 172 Å². The van der Waals surface area contributed by atoms with E-state index in [1.807, 2.05) is 6.92 Å². The molecule has 0 unspecified atom stereocenters. The Balaban J connectivity index is 2.19. The number of hydrogen-bond acceptors (Lipinski definition) is 6. The predicted octanol–water partition coefficient (Wildman–Crippen LogP) is 2.38. The number of carbonyl (C=O) groups excluding carboxylic acids is 2. The van der Waals surface area contributed by atoms with Crippen LogP contribution >= 0.6 is 0 Å². The zero-order valence-electron chi connectivity index (χ0n) is 17.2. The normalized spacial score (nSPS) is 15.3. The maximum Gasteiger partial charge on any atom is 0.330 e. The standard InChI is InChI=1S/C20H29N3O5S/c1-4-5-9-20(25)28-15-19(24)21-17-14-16(10-11-18(17)22(2)3)29(26,27)23-12-7-6-8-13-23/h5,9-11,14H,4,6-8,12-13,15H2,1-3H3,(H,21,24)/b9-5+. The van der Waals surface area contributed by atoms with Gasteiger partial charge in [-0.05, 0) is 37.5 Å². The van der Waals surface area contributed by atoms with E-state index in [1.54, 1.807) is 37.2 Å². The number of allylic oxidation sites excluding steroid dienone is 1. The van der Waals surface area contributed by atoms with E-state index in [0.29, 0.717) is 30.9 Å². The van der Waals surface area contributed by atoms with Gasteiger partial charge in [-0.3, -0.25) is 4.79 Å². The van der Waals surface area contributed by atoms with Crippen LogP contribution in [-0.4, -0.2) is 58.4 Å². The zero-order chi connectivity index (χ0) is 21.4. The molecule has 0 saturated carbocycles. The smallest absolute Gasteiger partial charge is 0.330 e. The number of benzene rings is 1. The summed E-state index contributed by atoms with van der Waals surface area (Å²) >= 11 is 0. The highest BCUT2D eigenvalue weighted by Gasteiger charge is 2.27. The van der Waals surface area contributed by atoms with Gasteiger partial charge in [0.15, 0.2) is 6.61 Å². The molecule has 1 N–H and O–H groups in total. The van der Waals surface area contributed by atoms with E-state index in [2.05, 4.69) is 5.32 Å². The van der Waals surface area contributed by atoms with Gasteiger partial charge in [0.25, 0.3) is 5.91 Å². The van der Waals surface area contributed by atoms with E-state index in [4.69, 9.17) is 4.74 Å². The van der Waals surface area contributed by atoms with Crippen LogP contribution in [0.25, 0.3) is 0 Å². The van der Waals surface area contributed by atoms with Crippen LogP contribution in [0.1, 0.15) is 32.6 Å². The molecule has 0 aromatic heterocycles. The van der Waals surface area contributed by atoms with Crippen molar-refractivity contribution in [1.29, 1.82) is 0 Å². The summed E-state index contributed by atoms with van der Waals surface area (Å²) in [6, 6.07) is 4.66. The summed E-state index contributed by atoms with van der Waals surface area (Å²) in [5, 5.41) is 2.65. The van der Waals surface area contributed by atoms with Crippen molar-refractivity contribution in [2.24, 2.45) is 0 Å². The van der Waals surface area contributed by atoms with E-state index in [-0.39, 0.29) is 4.90 Å². The summed E-state index contributed by atoms with van der Waals surface area (Å²) in [6.45, 7) is 2.43. The molecule has 1 aromatic rings. The lowest BCUT2D eigenvalue weighted by atomic mass is 10.2. The minimum absolute atomic E-state index is 0.128. The van der Waals surface area contributed by atoms with E-state index in [1.165, 1.54) is 16.4 Å². The summed E-state index contributed by atoms with van der Waals surface area (Å²) in [5.74, 6) is -1.14. The van der Waals surface area contributed by atoms with Gasteiger partial charge >= 0.3 is 5.97 Å². The first kappa shape index (κ1) is 22.9. The molecule has 1 heterocycles. The monoisotopic (exact) mass is 423 g/mol. The third kappa shape index (κ3) is 6.30. The van der Waals surface area contributed by atoms with Crippen molar-refractivity contribution in [2.45, 2.75) is 37.5 Å². The summed E-state index contributed by atoms with van der Waals surface area (Å²) in [7, 11) is -0.0477. The Morgan fingerprint density at radius 2 is 1.90 bits per heavy atom. The molecular formula is C20H29N3O5S. The van der Waals surface area contributed by atoms with Crippen molar-refractivity contribution in [3.8, 4) is 0 Å². The lowest BCUT2D eigenvalue weighted by Gasteiger charge is -2.26. The van der Waals surface area contributed by atoms with Gasteiger partial charge in [0.05, 0.1) is 16.3 Å². The molecule has 1 aliphatic rings. The van der Waals surface area contributed by atoms with Crippen molar-refractivity contribution >= 4 is 33.3 Å². The van der Waals surface area contributed by atoms with Crippen LogP contribution in [0.5, 0.6) is 0 Å². The molecule has 1 amide bonds. The number of piperidine rings is 1. The number of anilines is 2. The molecule has 0 spiro atoms. The minimum Gasteiger partial charge on any atom is -0.452 e. The van der Waals surface area contributed by atoms with Crippen molar-refractivity contribution in [1.82, 2.24) is 4.31 Å². The molecule has 160 valence electrons. The van der Waals surface area contributed by atoms with E-state index in [9.17, 15) is 18.0 Å². The predicted molar refractivity (Wildman–Crippen MR) is 112 cm³/mol. The number of rotatable bonds is 8. The third-order valence-electron chi connectivity index (χ3n) is 4.51. The molecule has 0 bridgehead atoms. The number of amides is 1. The molecule has 0 radical (unpaired) electrons. The second-order valence-corrected chi connectivity index (χ2v) is 8.94. The third-order valence-corrected chi connectivity index (χ3v) is 6.41. The quantitative estimate of drug-likeness (QED) is 0.509. The number of esters is 1. The molecule has 1 saturated heterocycles. The number of nitrogens with one attached hydrogen (secondary N) is 1. The highest BCUT2D eigenvalue weighted by Crippen LogP contribution is 2.30. The molecule has 1 aromatic carbocycles. The highest BCUT2D eigenvalue weighted by molar-refractivity contribution is 7.89. The molecule has 1 aliphatic heterocycles. The van der Waals surface area contributed by atoms with Crippen molar-refractivity contribution < 1.29 is 22.7 Å². The molecule has 8 nitrogen and oxygen atoms in total. The van der Waals surface area contributed by atoms with Gasteiger partial charge in [-0.25, -0.2) is 13.2 Å². The number of hydrogen-bond donors (Lipinski definition) is 1. The molecule has 9 heteroatoms. The minimum atomic E-state index is -3.63. The van der Waals surface area contributed by atoms with Gasteiger partial charge in [-0.2, -0.15) is 4.31 Å². The zero-order valence-corrected chi connectivity index (χ0v) is 18.0. The fourth-order valence-corrected chi connectivity index (χ4v) is 4.55. The van der Waals surface area contributed by atoms with Crippen molar-refractivity contribution in [3.05, 3.63) is 30.4 Å². The largest absolute Gasteiger partial charge is 0.452 e. The molecular weight excluding hydrogens is 394 g/mol. The van der Waals surface area contributed by atoms with E-state index >= 15 is 0 Å². The second-order valence-electron chi connectivity index (χ2n) is 7.00. The van der Waals surface area contributed by atoms with Crippen molar-refractivity contribution in [3.63, 3.8) is 0 Å². The van der Waals surface area contributed by atoms with Crippen LogP contribution in [0.4, 0.5) is 11.4 Å². The number of carbonyl (C=O) groups is 2. The highest BCUT2D eigenvalue weighted by atomic mass is 32.2. The summed E-state index contributed by atoms with van der Waals surface area (Å²) < 4.78 is 32.3. The number of sulfonamides is 1. The van der Waals surface area contributed by atoms with Crippen LogP contribution in [0.15, 0.2) is 35.2 Å². The SMILES string of the molecule is CC/C=C/C(=O)OCC(=O)Nc1cc(S(=O)(=O)N2CCCCC2)ccc1N(C)C. The average Bonchev–Trinajstić information content (AvgIpc) is 2.71. The van der Waals surface area contributed by atoms with Crippen LogP contribution in [0, 0.1) is 0 Å². The van der Waals surface area contributed by atoms with Crippen LogP contribution in [0.3, 0.4) is 0 Å². The molecule has 1 fully saturated rings. The molecule has 2 rings (SSSR count). The first-order chi connectivity index (χ1) is 13.8. The Hall–Kier alpha value is -2.39. The first-order valence-electron chi connectivity index (χ1n) is 9.70. The van der Waals surface area contributed by atoms with Gasteiger partial charge in [-0.15, -0.1) is 0 Å². The van der Waals surface area contributed by atoms with Crippen LogP contribution < -0.4 is 10.2 Å². The lowest BCUT2D eigenvalue weighted by Crippen LogP contribution is -2.35. The van der Waals surface area contributed by atoms with Crippen LogP contribution in [0.2, 0.25) is 0 Å². The van der Waals surface area contributed by atoms with Crippen LogP contribution in [-0.2, 0) is 24.3 Å². The first-order valence-corrected chi connectivity index (χ1v) is 11.1. The maximum absolute atomic E-state index is 12.9. The fourth-order valence-electron chi connectivity index (χ4n) is 3.01. The Kier molecular flexibility index (Phi) is 8.21. The number of nitrogens with zero attached hydrogens (tertiary/aromatic N) is 2. The summed E-state index contributed by atoms with van der Waals surface area (Å²) in [6.07, 6.45) is 6.31. The van der Waals surface area contributed by atoms with Crippen molar-refractivity contribution in [2.75, 3.05) is 44.0 Å². The fraction of sp³-hybridized carbons (Fsp3) is 0.500. The maximum atomic E-state index is 12.9. The van der Waals surface area contributed by atoms with Gasteiger partial charge in [0.1, 0.15) is 0 Å². The average molecular weight is 424 g/mol. The van der Waals surface area contributed by atoms with E-state index < -0.39 is 28.5 Å².